The molecule has 4 N–H and O–H groups in total. The summed E-state index contributed by atoms with van der Waals surface area (Å²) in [6.45, 7) is 3.78. The van der Waals surface area contributed by atoms with Gasteiger partial charge in [0.1, 0.15) is 0 Å². The molecule has 76 valence electrons. The smallest absolute Gasteiger partial charge is 0.0392 e. The standard InChI is InChI=1S/C10H21N3/c1-2-3-9-13-10(6-8-12)5-4-7-11/h6,8H,2-5,7,9,11-12H2,1H3. The maximum absolute atomic E-state index is 5.42. The zero-order valence-corrected chi connectivity index (χ0v) is 8.50. The molecule has 0 aliphatic heterocycles. The van der Waals surface area contributed by atoms with Crippen LogP contribution < -0.4 is 11.5 Å². The van der Waals surface area contributed by atoms with E-state index in [0.717, 1.165) is 31.5 Å². The third-order valence-corrected chi connectivity index (χ3v) is 1.75. The van der Waals surface area contributed by atoms with Crippen molar-refractivity contribution in [1.82, 2.24) is 0 Å². The molecule has 0 aliphatic carbocycles. The van der Waals surface area contributed by atoms with Crippen molar-refractivity contribution in [2.45, 2.75) is 32.6 Å². The summed E-state index contributed by atoms with van der Waals surface area (Å²) in [5.41, 5.74) is 11.8. The van der Waals surface area contributed by atoms with Gasteiger partial charge < -0.3 is 11.5 Å². The minimum atomic E-state index is 0.714. The highest BCUT2D eigenvalue weighted by Crippen LogP contribution is 1.96. The van der Waals surface area contributed by atoms with Gasteiger partial charge >= 0.3 is 0 Å². The Morgan fingerprint density at radius 3 is 2.69 bits per heavy atom. The summed E-state index contributed by atoms with van der Waals surface area (Å²) >= 11 is 0. The second-order valence-electron chi connectivity index (χ2n) is 2.98. The minimum absolute atomic E-state index is 0.714. The molecule has 0 atom stereocenters. The Morgan fingerprint density at radius 1 is 1.38 bits per heavy atom. The molecule has 0 unspecified atom stereocenters. The van der Waals surface area contributed by atoms with Crippen LogP contribution in [0.1, 0.15) is 32.6 Å². The molecule has 13 heavy (non-hydrogen) atoms. The Labute approximate surface area is 80.9 Å². The van der Waals surface area contributed by atoms with Crippen LogP contribution in [0.25, 0.3) is 0 Å². The largest absolute Gasteiger partial charge is 0.405 e. The van der Waals surface area contributed by atoms with Gasteiger partial charge in [0.15, 0.2) is 0 Å². The van der Waals surface area contributed by atoms with E-state index in [1.807, 2.05) is 6.08 Å². The fourth-order valence-corrected chi connectivity index (χ4v) is 0.990. The van der Waals surface area contributed by atoms with Crippen molar-refractivity contribution < 1.29 is 0 Å². The van der Waals surface area contributed by atoms with Gasteiger partial charge in [0.25, 0.3) is 0 Å². The van der Waals surface area contributed by atoms with Crippen LogP contribution >= 0.6 is 0 Å². The minimum Gasteiger partial charge on any atom is -0.405 e. The number of allylic oxidation sites excluding steroid dienone is 1. The first-order valence-electron chi connectivity index (χ1n) is 4.96. The van der Waals surface area contributed by atoms with E-state index in [9.17, 15) is 0 Å². The highest BCUT2D eigenvalue weighted by molar-refractivity contribution is 5.94. The molecule has 0 bridgehead atoms. The van der Waals surface area contributed by atoms with E-state index in [2.05, 4.69) is 11.9 Å². The molecule has 0 fully saturated rings. The van der Waals surface area contributed by atoms with E-state index >= 15 is 0 Å². The Bertz CT molecular complexity index is 162. The third kappa shape index (κ3) is 7.53. The van der Waals surface area contributed by atoms with Gasteiger partial charge in [-0.25, -0.2) is 0 Å². The zero-order valence-electron chi connectivity index (χ0n) is 8.50. The van der Waals surface area contributed by atoms with Gasteiger partial charge in [0, 0.05) is 12.3 Å². The maximum Gasteiger partial charge on any atom is 0.0392 e. The Morgan fingerprint density at radius 2 is 2.15 bits per heavy atom. The first-order valence-corrected chi connectivity index (χ1v) is 4.96. The molecule has 0 spiro atoms. The molecular formula is C10H21N3. The lowest BCUT2D eigenvalue weighted by atomic mass is 10.2. The first kappa shape index (κ1) is 12.2. The van der Waals surface area contributed by atoms with E-state index in [-0.39, 0.29) is 0 Å². The van der Waals surface area contributed by atoms with Crippen LogP contribution in [-0.4, -0.2) is 18.8 Å². The van der Waals surface area contributed by atoms with Crippen molar-refractivity contribution in [3.63, 3.8) is 0 Å². The molecule has 3 nitrogen and oxygen atoms in total. The highest BCUT2D eigenvalue weighted by Gasteiger charge is 1.92. The predicted octanol–water partition coefficient (Wildman–Crippen LogP) is 1.44. The van der Waals surface area contributed by atoms with Crippen molar-refractivity contribution in [1.29, 1.82) is 0 Å². The molecule has 0 saturated carbocycles. The molecule has 3 heteroatoms. The number of rotatable bonds is 7. The number of aliphatic imine (C=N–C) groups is 1. The fourth-order valence-electron chi connectivity index (χ4n) is 0.990. The quantitative estimate of drug-likeness (QED) is 0.463. The number of nitrogens with two attached hydrogens (primary N) is 2. The predicted molar refractivity (Wildman–Crippen MR) is 58.8 cm³/mol. The normalized spacial score (nSPS) is 12.6. The van der Waals surface area contributed by atoms with Crippen molar-refractivity contribution in [2.75, 3.05) is 13.1 Å². The maximum atomic E-state index is 5.42. The molecule has 0 amide bonds. The van der Waals surface area contributed by atoms with Crippen molar-refractivity contribution in [3.05, 3.63) is 12.3 Å². The molecule has 0 saturated heterocycles. The second kappa shape index (κ2) is 9.26. The van der Waals surface area contributed by atoms with Crippen LogP contribution in [-0.2, 0) is 0 Å². The molecule has 0 heterocycles. The monoisotopic (exact) mass is 183 g/mol. The summed E-state index contributed by atoms with van der Waals surface area (Å²) in [6, 6.07) is 0. The average Bonchev–Trinajstić information content (AvgIpc) is 2.14. The molecule has 0 aliphatic rings. The van der Waals surface area contributed by atoms with Gasteiger partial charge in [-0.2, -0.15) is 0 Å². The number of hydrogen-bond acceptors (Lipinski definition) is 3. The number of hydrogen-bond donors (Lipinski definition) is 2. The molecule has 0 radical (unpaired) electrons. The first-order chi connectivity index (χ1) is 6.35. The summed E-state index contributed by atoms with van der Waals surface area (Å²) in [5.74, 6) is 0. The third-order valence-electron chi connectivity index (χ3n) is 1.75. The van der Waals surface area contributed by atoms with E-state index in [4.69, 9.17) is 11.5 Å². The van der Waals surface area contributed by atoms with Crippen molar-refractivity contribution in [2.24, 2.45) is 16.5 Å². The molecule has 0 rings (SSSR count). The van der Waals surface area contributed by atoms with Crippen molar-refractivity contribution in [3.8, 4) is 0 Å². The van der Waals surface area contributed by atoms with Crippen LogP contribution in [0.3, 0.4) is 0 Å². The Kier molecular flexibility index (Phi) is 8.67. The van der Waals surface area contributed by atoms with Gasteiger partial charge in [0.05, 0.1) is 0 Å². The van der Waals surface area contributed by atoms with Crippen LogP contribution in [0.4, 0.5) is 0 Å². The second-order valence-corrected chi connectivity index (χ2v) is 2.98. The van der Waals surface area contributed by atoms with Gasteiger partial charge in [-0.15, -0.1) is 0 Å². The van der Waals surface area contributed by atoms with E-state index in [0.29, 0.717) is 6.54 Å². The van der Waals surface area contributed by atoms with E-state index < -0.39 is 0 Å². The SMILES string of the molecule is CCCCN=C(C=CN)CCCN. The summed E-state index contributed by atoms with van der Waals surface area (Å²) in [5, 5.41) is 0. The fraction of sp³-hybridized carbons (Fsp3) is 0.700. The zero-order chi connectivity index (χ0) is 9.94. The molecule has 0 aromatic carbocycles. The van der Waals surface area contributed by atoms with Gasteiger partial charge in [-0.1, -0.05) is 13.3 Å². The van der Waals surface area contributed by atoms with Gasteiger partial charge in [-0.3, -0.25) is 4.99 Å². The molecule has 0 aromatic rings. The topological polar surface area (TPSA) is 64.4 Å². The lowest BCUT2D eigenvalue weighted by molar-refractivity contribution is 0.800. The van der Waals surface area contributed by atoms with Crippen molar-refractivity contribution >= 4 is 5.71 Å². The van der Waals surface area contributed by atoms with Crippen LogP contribution in [0.2, 0.25) is 0 Å². The lowest BCUT2D eigenvalue weighted by Gasteiger charge is -1.99. The number of nitrogens with zero attached hydrogens (tertiary/aromatic N) is 1. The average molecular weight is 183 g/mol. The van der Waals surface area contributed by atoms with Crippen LogP contribution in [0, 0.1) is 0 Å². The van der Waals surface area contributed by atoms with E-state index in [1.54, 1.807) is 6.20 Å². The van der Waals surface area contributed by atoms with E-state index in [1.165, 1.54) is 6.42 Å². The van der Waals surface area contributed by atoms with Gasteiger partial charge in [0.2, 0.25) is 0 Å². The summed E-state index contributed by atoms with van der Waals surface area (Å²) in [6.07, 6.45) is 7.65. The highest BCUT2D eigenvalue weighted by atomic mass is 14.7. The van der Waals surface area contributed by atoms with Gasteiger partial charge in [-0.05, 0) is 38.1 Å². The Balaban J connectivity index is 3.83. The number of unbranched alkanes of at least 4 members (excludes halogenated alkanes) is 1. The van der Waals surface area contributed by atoms with Crippen LogP contribution in [0.15, 0.2) is 17.3 Å². The summed E-state index contributed by atoms with van der Waals surface area (Å²) in [7, 11) is 0. The Hall–Kier alpha value is -0.830. The molecular weight excluding hydrogens is 162 g/mol. The molecule has 0 aromatic heterocycles. The van der Waals surface area contributed by atoms with Crippen LogP contribution in [0.5, 0.6) is 0 Å². The summed E-state index contributed by atoms with van der Waals surface area (Å²) < 4.78 is 0. The lowest BCUT2D eigenvalue weighted by Crippen LogP contribution is -2.04. The summed E-state index contributed by atoms with van der Waals surface area (Å²) in [4.78, 5) is 4.44.